The summed E-state index contributed by atoms with van der Waals surface area (Å²) in [6.45, 7) is 4.36. The molecule has 19 heavy (non-hydrogen) atoms. The van der Waals surface area contributed by atoms with Crippen LogP contribution in [0.2, 0.25) is 0 Å². The van der Waals surface area contributed by atoms with Crippen LogP contribution < -0.4 is 10.1 Å². The number of hydrogen-bond acceptors (Lipinski definition) is 4. The largest absolute Gasteiger partial charge is 0.490 e. The lowest BCUT2D eigenvalue weighted by molar-refractivity contribution is 0.0323. The second-order valence-corrected chi connectivity index (χ2v) is 5.26. The summed E-state index contributed by atoms with van der Waals surface area (Å²) in [6, 6.07) is 5.87. The van der Waals surface area contributed by atoms with Gasteiger partial charge in [-0.2, -0.15) is 0 Å². The topological polar surface area (TPSA) is 50.7 Å². The lowest BCUT2D eigenvalue weighted by Crippen LogP contribution is -2.23. The Kier molecular flexibility index (Phi) is 8.05. The third-order valence-corrected chi connectivity index (χ3v) is 3.05. The number of nitrogens with one attached hydrogen (secondary N) is 1. The van der Waals surface area contributed by atoms with E-state index in [4.69, 9.17) is 9.47 Å². The SMILES string of the molecule is CCCNCc1cc(Br)ccc1OCC(O)COC. The van der Waals surface area contributed by atoms with Crippen LogP contribution in [0.4, 0.5) is 0 Å². The quantitative estimate of drug-likeness (QED) is 0.682. The van der Waals surface area contributed by atoms with Crippen LogP contribution in [0, 0.1) is 0 Å². The lowest BCUT2D eigenvalue weighted by atomic mass is 10.2. The molecule has 0 aliphatic rings. The summed E-state index contributed by atoms with van der Waals surface area (Å²) < 4.78 is 11.5. The normalized spacial score (nSPS) is 12.4. The molecule has 108 valence electrons. The van der Waals surface area contributed by atoms with Crippen LogP contribution in [0.5, 0.6) is 5.75 Å². The number of benzene rings is 1. The molecule has 0 aliphatic heterocycles. The van der Waals surface area contributed by atoms with Crippen molar-refractivity contribution >= 4 is 15.9 Å². The summed E-state index contributed by atoms with van der Waals surface area (Å²) in [6.07, 6.45) is 0.488. The van der Waals surface area contributed by atoms with Gasteiger partial charge in [-0.3, -0.25) is 0 Å². The molecule has 1 atom stereocenters. The summed E-state index contributed by atoms with van der Waals surface area (Å²) >= 11 is 3.46. The maximum absolute atomic E-state index is 9.60. The van der Waals surface area contributed by atoms with E-state index in [1.165, 1.54) is 0 Å². The molecule has 2 N–H and O–H groups in total. The van der Waals surface area contributed by atoms with E-state index in [-0.39, 0.29) is 13.2 Å². The molecule has 1 unspecified atom stereocenters. The van der Waals surface area contributed by atoms with Crippen molar-refractivity contribution in [3.63, 3.8) is 0 Å². The van der Waals surface area contributed by atoms with E-state index < -0.39 is 6.10 Å². The van der Waals surface area contributed by atoms with E-state index in [1.54, 1.807) is 7.11 Å². The third-order valence-electron chi connectivity index (χ3n) is 2.56. The second kappa shape index (κ2) is 9.31. The van der Waals surface area contributed by atoms with Crippen LogP contribution in [-0.2, 0) is 11.3 Å². The maximum Gasteiger partial charge on any atom is 0.124 e. The highest BCUT2D eigenvalue weighted by Crippen LogP contribution is 2.23. The molecule has 1 aromatic rings. The Labute approximate surface area is 123 Å². The number of aliphatic hydroxyl groups excluding tert-OH is 1. The molecule has 0 fully saturated rings. The van der Waals surface area contributed by atoms with Crippen molar-refractivity contribution in [1.82, 2.24) is 5.32 Å². The number of rotatable bonds is 9. The fourth-order valence-corrected chi connectivity index (χ4v) is 2.06. The highest BCUT2D eigenvalue weighted by Gasteiger charge is 2.08. The molecule has 0 saturated heterocycles. The Morgan fingerprint density at radius 1 is 1.37 bits per heavy atom. The van der Waals surface area contributed by atoms with Crippen LogP contribution in [0.1, 0.15) is 18.9 Å². The van der Waals surface area contributed by atoms with Crippen molar-refractivity contribution in [3.05, 3.63) is 28.2 Å². The third kappa shape index (κ3) is 6.38. The first-order valence-corrected chi connectivity index (χ1v) is 7.25. The van der Waals surface area contributed by atoms with E-state index in [1.807, 2.05) is 18.2 Å². The first-order chi connectivity index (χ1) is 9.17. The van der Waals surface area contributed by atoms with Crippen LogP contribution in [0.25, 0.3) is 0 Å². The van der Waals surface area contributed by atoms with Crippen molar-refractivity contribution in [1.29, 1.82) is 0 Å². The summed E-state index contributed by atoms with van der Waals surface area (Å²) in [5.74, 6) is 0.793. The van der Waals surface area contributed by atoms with Gasteiger partial charge in [0.25, 0.3) is 0 Å². The molecule has 0 aliphatic carbocycles. The van der Waals surface area contributed by atoms with Gasteiger partial charge in [-0.15, -0.1) is 0 Å². The van der Waals surface area contributed by atoms with Crippen molar-refractivity contribution in [2.45, 2.75) is 26.0 Å². The highest BCUT2D eigenvalue weighted by molar-refractivity contribution is 9.10. The van der Waals surface area contributed by atoms with Gasteiger partial charge in [0.05, 0.1) is 6.61 Å². The monoisotopic (exact) mass is 331 g/mol. The number of aliphatic hydroxyl groups is 1. The Morgan fingerprint density at radius 3 is 2.84 bits per heavy atom. The summed E-state index contributed by atoms with van der Waals surface area (Å²) in [5.41, 5.74) is 1.08. The van der Waals surface area contributed by atoms with E-state index in [0.29, 0.717) is 0 Å². The smallest absolute Gasteiger partial charge is 0.124 e. The van der Waals surface area contributed by atoms with E-state index in [0.717, 1.165) is 35.3 Å². The molecule has 0 heterocycles. The van der Waals surface area contributed by atoms with Gasteiger partial charge in [0.2, 0.25) is 0 Å². The second-order valence-electron chi connectivity index (χ2n) is 4.35. The molecule has 0 bridgehead atoms. The Bertz CT molecular complexity index is 374. The minimum Gasteiger partial charge on any atom is -0.490 e. The van der Waals surface area contributed by atoms with Crippen molar-refractivity contribution < 1.29 is 14.6 Å². The summed E-state index contributed by atoms with van der Waals surface area (Å²) in [7, 11) is 1.56. The van der Waals surface area contributed by atoms with Gasteiger partial charge in [0.1, 0.15) is 18.5 Å². The number of ether oxygens (including phenoxy) is 2. The van der Waals surface area contributed by atoms with Crippen molar-refractivity contribution in [3.8, 4) is 5.75 Å². The van der Waals surface area contributed by atoms with Gasteiger partial charge in [0.15, 0.2) is 0 Å². The first-order valence-electron chi connectivity index (χ1n) is 6.46. The molecule has 0 spiro atoms. The number of halogens is 1. The fourth-order valence-electron chi connectivity index (χ4n) is 1.65. The summed E-state index contributed by atoms with van der Waals surface area (Å²) in [4.78, 5) is 0. The molecule has 0 aromatic heterocycles. The average molecular weight is 332 g/mol. The highest BCUT2D eigenvalue weighted by atomic mass is 79.9. The van der Waals surface area contributed by atoms with E-state index >= 15 is 0 Å². The maximum atomic E-state index is 9.60. The van der Waals surface area contributed by atoms with Gasteiger partial charge < -0.3 is 19.9 Å². The number of hydrogen-bond donors (Lipinski definition) is 2. The predicted octanol–water partition coefficient (Wildman–Crippen LogP) is 2.33. The molecule has 5 heteroatoms. The Balaban J connectivity index is 2.59. The van der Waals surface area contributed by atoms with Crippen molar-refractivity contribution in [2.24, 2.45) is 0 Å². The zero-order valence-corrected chi connectivity index (χ0v) is 13.1. The van der Waals surface area contributed by atoms with E-state index in [9.17, 15) is 5.11 Å². The molecule has 0 saturated carbocycles. The van der Waals surface area contributed by atoms with Gasteiger partial charge >= 0.3 is 0 Å². The molecule has 0 amide bonds. The Hall–Kier alpha value is -0.620. The predicted molar refractivity (Wildman–Crippen MR) is 79.5 cm³/mol. The molecule has 0 radical (unpaired) electrons. The molecule has 4 nitrogen and oxygen atoms in total. The molecular formula is C14H22BrNO3. The average Bonchev–Trinajstić information content (AvgIpc) is 2.38. The minimum atomic E-state index is -0.606. The van der Waals surface area contributed by atoms with Gasteiger partial charge in [-0.25, -0.2) is 0 Å². The van der Waals surface area contributed by atoms with Crippen LogP contribution in [-0.4, -0.2) is 38.1 Å². The molecular weight excluding hydrogens is 310 g/mol. The van der Waals surface area contributed by atoms with Crippen LogP contribution in [0.15, 0.2) is 22.7 Å². The zero-order valence-electron chi connectivity index (χ0n) is 11.5. The fraction of sp³-hybridized carbons (Fsp3) is 0.571. The summed E-state index contributed by atoms with van der Waals surface area (Å²) in [5, 5.41) is 12.9. The Morgan fingerprint density at radius 2 is 2.16 bits per heavy atom. The van der Waals surface area contributed by atoms with E-state index in [2.05, 4.69) is 28.2 Å². The van der Waals surface area contributed by atoms with Gasteiger partial charge in [-0.05, 0) is 31.2 Å². The molecule has 1 rings (SSSR count). The van der Waals surface area contributed by atoms with Crippen molar-refractivity contribution in [2.75, 3.05) is 26.9 Å². The first kappa shape index (κ1) is 16.4. The van der Waals surface area contributed by atoms with Crippen LogP contribution >= 0.6 is 15.9 Å². The van der Waals surface area contributed by atoms with Crippen LogP contribution in [0.3, 0.4) is 0 Å². The zero-order chi connectivity index (χ0) is 14.1. The number of methoxy groups -OCH3 is 1. The van der Waals surface area contributed by atoms with Gasteiger partial charge in [-0.1, -0.05) is 22.9 Å². The standard InChI is InChI=1S/C14H22BrNO3/c1-3-6-16-8-11-7-12(15)4-5-14(11)19-10-13(17)9-18-2/h4-5,7,13,16-17H,3,6,8-10H2,1-2H3. The lowest BCUT2D eigenvalue weighted by Gasteiger charge is -2.15. The minimum absolute atomic E-state index is 0.232. The van der Waals surface area contributed by atoms with Gasteiger partial charge in [0, 0.05) is 23.7 Å². The molecule has 1 aromatic carbocycles.